The van der Waals surface area contributed by atoms with Gasteiger partial charge in [0.1, 0.15) is 17.3 Å². The quantitative estimate of drug-likeness (QED) is 0.411. The second kappa shape index (κ2) is 10.5. The number of hydrogen-bond donors (Lipinski definition) is 2. The summed E-state index contributed by atoms with van der Waals surface area (Å²) in [7, 11) is -3.86. The van der Waals surface area contributed by atoms with Crippen LogP contribution in [-0.4, -0.2) is 40.3 Å². The number of benzene rings is 1. The molecule has 0 saturated heterocycles. The average molecular weight is 495 g/mol. The number of anilines is 1. The highest BCUT2D eigenvalue weighted by Crippen LogP contribution is 2.46. The van der Waals surface area contributed by atoms with E-state index in [1.165, 1.54) is 47.6 Å². The van der Waals surface area contributed by atoms with Crippen molar-refractivity contribution in [3.8, 4) is 0 Å². The number of carbonyl (C=O) groups is 1. The third kappa shape index (κ3) is 5.68. The van der Waals surface area contributed by atoms with Crippen molar-refractivity contribution in [3.63, 3.8) is 0 Å². The summed E-state index contributed by atoms with van der Waals surface area (Å²) < 4.78 is 28.4. The first kappa shape index (κ1) is 24.8. The molecule has 1 fully saturated rings. The van der Waals surface area contributed by atoms with Crippen LogP contribution in [0.15, 0.2) is 71.9 Å². The van der Waals surface area contributed by atoms with Crippen LogP contribution in [0.25, 0.3) is 0 Å². The summed E-state index contributed by atoms with van der Waals surface area (Å²) in [6.07, 6.45) is 7.62. The lowest BCUT2D eigenvalue weighted by atomic mass is 9.63. The van der Waals surface area contributed by atoms with Crippen LogP contribution < -0.4 is 5.32 Å². The Balaban J connectivity index is 1.60. The van der Waals surface area contributed by atoms with Gasteiger partial charge in [-0.15, -0.1) is 0 Å². The standard InChI is InChI=1S/C26H30N4O4S/c1-2-26(13-5-14-26)21-11-9-20(10-12-21)18-30(35(33,34)23-7-4-15-27-16-23)19-22-6-3-8-24(29-22)28-17-25(31)32/h3-4,6-12,15-16H,2,5,13-14,17-19H2,1H3,(H,28,29)(H,31,32). The van der Waals surface area contributed by atoms with E-state index in [2.05, 4.69) is 34.3 Å². The summed E-state index contributed by atoms with van der Waals surface area (Å²) >= 11 is 0. The largest absolute Gasteiger partial charge is 0.480 e. The molecule has 2 heterocycles. The molecule has 8 nitrogen and oxygen atoms in total. The second-order valence-corrected chi connectivity index (χ2v) is 10.8. The monoisotopic (exact) mass is 494 g/mol. The summed E-state index contributed by atoms with van der Waals surface area (Å²) in [6.45, 7) is 2.15. The van der Waals surface area contributed by atoms with Crippen LogP contribution in [0.5, 0.6) is 0 Å². The van der Waals surface area contributed by atoms with Gasteiger partial charge in [-0.25, -0.2) is 13.4 Å². The van der Waals surface area contributed by atoms with Crippen molar-refractivity contribution in [2.75, 3.05) is 11.9 Å². The van der Waals surface area contributed by atoms with Gasteiger partial charge in [0.15, 0.2) is 0 Å². The first-order valence-corrected chi connectivity index (χ1v) is 13.2. The van der Waals surface area contributed by atoms with Crippen LogP contribution >= 0.6 is 0 Å². The van der Waals surface area contributed by atoms with Gasteiger partial charge in [0.2, 0.25) is 10.0 Å². The molecule has 0 amide bonds. The second-order valence-electron chi connectivity index (χ2n) is 8.91. The fraction of sp³-hybridized carbons (Fsp3) is 0.346. The molecular weight excluding hydrogens is 464 g/mol. The molecule has 9 heteroatoms. The molecule has 1 saturated carbocycles. The Labute approximate surface area is 206 Å². The maximum absolute atomic E-state index is 13.5. The number of nitrogens with one attached hydrogen (secondary N) is 1. The summed E-state index contributed by atoms with van der Waals surface area (Å²) in [5.74, 6) is -0.633. The highest BCUT2D eigenvalue weighted by Gasteiger charge is 2.36. The number of nitrogens with zero attached hydrogens (tertiary/aromatic N) is 3. The van der Waals surface area contributed by atoms with E-state index in [1.807, 2.05) is 12.1 Å². The Morgan fingerprint density at radius 2 is 1.86 bits per heavy atom. The number of pyridine rings is 2. The highest BCUT2D eigenvalue weighted by atomic mass is 32.2. The van der Waals surface area contributed by atoms with E-state index in [0.29, 0.717) is 11.5 Å². The van der Waals surface area contributed by atoms with E-state index >= 15 is 0 Å². The van der Waals surface area contributed by atoms with Crippen molar-refractivity contribution in [1.29, 1.82) is 0 Å². The first-order chi connectivity index (χ1) is 16.8. The minimum Gasteiger partial charge on any atom is -0.480 e. The van der Waals surface area contributed by atoms with E-state index in [1.54, 1.807) is 24.3 Å². The molecule has 1 aliphatic carbocycles. The lowest BCUT2D eigenvalue weighted by Gasteiger charge is -2.42. The maximum Gasteiger partial charge on any atom is 0.322 e. The third-order valence-corrected chi connectivity index (χ3v) is 8.53. The average Bonchev–Trinajstić information content (AvgIpc) is 2.84. The number of hydrogen-bond acceptors (Lipinski definition) is 6. The summed E-state index contributed by atoms with van der Waals surface area (Å²) in [5, 5.41) is 11.6. The van der Waals surface area contributed by atoms with E-state index < -0.39 is 16.0 Å². The lowest BCUT2D eigenvalue weighted by Crippen LogP contribution is -2.33. The molecule has 0 spiro atoms. The predicted molar refractivity (Wildman–Crippen MR) is 133 cm³/mol. The van der Waals surface area contributed by atoms with Crippen molar-refractivity contribution >= 4 is 21.8 Å². The number of rotatable bonds is 11. The van der Waals surface area contributed by atoms with Gasteiger partial charge in [-0.05, 0) is 60.1 Å². The topological polar surface area (TPSA) is 112 Å². The van der Waals surface area contributed by atoms with Crippen LogP contribution in [0.1, 0.15) is 49.4 Å². The summed E-state index contributed by atoms with van der Waals surface area (Å²) in [5.41, 5.74) is 2.96. The Kier molecular flexibility index (Phi) is 7.47. The normalized spacial score (nSPS) is 14.9. The molecule has 3 aromatic rings. The van der Waals surface area contributed by atoms with Crippen LogP contribution in [0.4, 0.5) is 5.82 Å². The number of aliphatic carboxylic acids is 1. The lowest BCUT2D eigenvalue weighted by molar-refractivity contribution is -0.134. The van der Waals surface area contributed by atoms with Gasteiger partial charge in [0, 0.05) is 18.9 Å². The molecule has 1 aromatic carbocycles. The zero-order valence-corrected chi connectivity index (χ0v) is 20.5. The van der Waals surface area contributed by atoms with Gasteiger partial charge in [-0.3, -0.25) is 9.78 Å². The molecule has 2 aromatic heterocycles. The molecule has 0 aliphatic heterocycles. The minimum atomic E-state index is -3.86. The van der Waals surface area contributed by atoms with E-state index in [9.17, 15) is 13.2 Å². The predicted octanol–water partition coefficient (Wildman–Crippen LogP) is 4.20. The first-order valence-electron chi connectivity index (χ1n) is 11.7. The molecule has 184 valence electrons. The number of aromatic nitrogens is 2. The van der Waals surface area contributed by atoms with Crippen LogP contribution in [0.3, 0.4) is 0 Å². The smallest absolute Gasteiger partial charge is 0.322 e. The van der Waals surface area contributed by atoms with E-state index in [-0.39, 0.29) is 29.9 Å². The summed E-state index contributed by atoms with van der Waals surface area (Å²) in [6, 6.07) is 16.5. The van der Waals surface area contributed by atoms with Gasteiger partial charge in [0.05, 0.1) is 12.2 Å². The van der Waals surface area contributed by atoms with Crippen molar-refractivity contribution < 1.29 is 18.3 Å². The Morgan fingerprint density at radius 1 is 1.09 bits per heavy atom. The fourth-order valence-electron chi connectivity index (χ4n) is 4.50. The maximum atomic E-state index is 13.5. The van der Waals surface area contributed by atoms with Crippen molar-refractivity contribution in [2.24, 2.45) is 0 Å². The fourth-order valence-corrected chi connectivity index (χ4v) is 5.87. The molecule has 35 heavy (non-hydrogen) atoms. The molecule has 4 rings (SSSR count). The van der Waals surface area contributed by atoms with Gasteiger partial charge >= 0.3 is 5.97 Å². The highest BCUT2D eigenvalue weighted by molar-refractivity contribution is 7.89. The van der Waals surface area contributed by atoms with Gasteiger partial charge in [-0.1, -0.05) is 43.7 Å². The Morgan fingerprint density at radius 3 is 2.46 bits per heavy atom. The zero-order valence-electron chi connectivity index (χ0n) is 19.7. The van der Waals surface area contributed by atoms with Gasteiger partial charge in [-0.2, -0.15) is 4.31 Å². The molecule has 0 bridgehead atoms. The minimum absolute atomic E-state index is 0.0282. The van der Waals surface area contributed by atoms with Crippen LogP contribution in [0.2, 0.25) is 0 Å². The molecular formula is C26H30N4O4S. The Bertz CT molecular complexity index is 1250. The summed E-state index contributed by atoms with van der Waals surface area (Å²) in [4.78, 5) is 19.4. The van der Waals surface area contributed by atoms with Gasteiger partial charge < -0.3 is 10.4 Å². The number of sulfonamides is 1. The third-order valence-electron chi connectivity index (χ3n) is 6.75. The number of carboxylic acid groups (broad SMARTS) is 1. The van der Waals surface area contributed by atoms with Gasteiger partial charge in [0.25, 0.3) is 0 Å². The molecule has 1 aliphatic rings. The van der Waals surface area contributed by atoms with Crippen molar-refractivity contribution in [3.05, 3.63) is 83.8 Å². The molecule has 0 unspecified atom stereocenters. The van der Waals surface area contributed by atoms with E-state index in [0.717, 1.165) is 12.0 Å². The zero-order chi connectivity index (χ0) is 24.9. The molecule has 0 atom stereocenters. The number of carboxylic acids is 1. The van der Waals surface area contributed by atoms with Crippen molar-refractivity contribution in [2.45, 2.75) is 56.0 Å². The SMILES string of the molecule is CCC1(c2ccc(CN(Cc3cccc(NCC(=O)O)n3)S(=O)(=O)c3cccnc3)cc2)CCC1. The van der Waals surface area contributed by atoms with E-state index in [4.69, 9.17) is 5.11 Å². The van der Waals surface area contributed by atoms with Crippen LogP contribution in [-0.2, 0) is 33.3 Å². The van der Waals surface area contributed by atoms with Crippen LogP contribution in [0, 0.1) is 0 Å². The Hall–Kier alpha value is -3.30. The molecule has 0 radical (unpaired) electrons. The van der Waals surface area contributed by atoms with Crippen molar-refractivity contribution in [1.82, 2.24) is 14.3 Å². The molecule has 2 N–H and O–H groups in total.